The van der Waals surface area contributed by atoms with Gasteiger partial charge in [0.2, 0.25) is 0 Å². The van der Waals surface area contributed by atoms with E-state index in [1.165, 1.54) is 21.8 Å². The maximum absolute atomic E-state index is 6.59. The summed E-state index contributed by atoms with van der Waals surface area (Å²) in [4.78, 5) is 10.3. The molecule has 7 aromatic carbocycles. The average Bonchev–Trinajstić information content (AvgIpc) is 3.86. The Balaban J connectivity index is 1.10. The number of benzene rings is 7. The third kappa shape index (κ3) is 4.30. The van der Waals surface area contributed by atoms with Crippen LogP contribution in [0.5, 0.6) is 0 Å². The van der Waals surface area contributed by atoms with Crippen LogP contribution in [0, 0.1) is 0 Å². The van der Waals surface area contributed by atoms with E-state index in [4.69, 9.17) is 18.8 Å². The molecule has 1 N–H and O–H groups in total. The Kier molecular flexibility index (Phi) is 5.92. The van der Waals surface area contributed by atoms with Crippen molar-refractivity contribution < 1.29 is 8.83 Å². The standard InChI is InChI=1S/C45H28N4O2/c1-3-12-27(13-4-1)43-46-44(28-14-5-2-6-15-28)48-45(47-43)32-18-11-21-39-42(32)35-26-40-34(25-41(35)51-39)33-24-29(22-23-38(33)50-40)49-36-19-9-7-16-30(36)31-17-8-10-20-37(31)49/h1-26,43H,(H,46,47,48). The minimum Gasteiger partial charge on any atom is -0.456 e. The van der Waals surface area contributed by atoms with Crippen LogP contribution in [0.1, 0.15) is 22.9 Å². The molecule has 1 unspecified atom stereocenters. The highest BCUT2D eigenvalue weighted by molar-refractivity contribution is 6.23. The monoisotopic (exact) mass is 656 g/mol. The summed E-state index contributed by atoms with van der Waals surface area (Å²) in [5, 5.41) is 10.0. The second-order valence-electron chi connectivity index (χ2n) is 13.0. The lowest BCUT2D eigenvalue weighted by Gasteiger charge is -2.23. The van der Waals surface area contributed by atoms with Crippen LogP contribution < -0.4 is 5.32 Å². The Morgan fingerprint density at radius 2 is 1.16 bits per heavy atom. The van der Waals surface area contributed by atoms with Gasteiger partial charge >= 0.3 is 0 Å². The fourth-order valence-electron chi connectivity index (χ4n) is 7.73. The predicted octanol–water partition coefficient (Wildman–Crippen LogP) is 11.1. The van der Waals surface area contributed by atoms with Crippen LogP contribution in [0.15, 0.2) is 177 Å². The lowest BCUT2D eigenvalue weighted by Crippen LogP contribution is -2.33. The number of fused-ring (bicyclic) bond motifs is 9. The Bertz CT molecular complexity index is 3000. The number of hydrogen-bond acceptors (Lipinski definition) is 5. The quantitative estimate of drug-likeness (QED) is 0.205. The first kappa shape index (κ1) is 28.0. The summed E-state index contributed by atoms with van der Waals surface area (Å²) in [6, 6.07) is 54.4. The number of nitrogens with zero attached hydrogens (tertiary/aromatic N) is 3. The molecule has 0 saturated carbocycles. The topological polar surface area (TPSA) is 68.0 Å². The van der Waals surface area contributed by atoms with Gasteiger partial charge in [0.1, 0.15) is 34.3 Å². The zero-order chi connectivity index (χ0) is 33.5. The molecule has 1 atom stereocenters. The third-order valence-corrected chi connectivity index (χ3v) is 10.1. The van der Waals surface area contributed by atoms with Crippen molar-refractivity contribution in [3.63, 3.8) is 0 Å². The summed E-state index contributed by atoms with van der Waals surface area (Å²) in [7, 11) is 0. The first-order valence-electron chi connectivity index (χ1n) is 17.1. The average molecular weight is 657 g/mol. The molecule has 4 heterocycles. The Hall–Kier alpha value is -6.92. The molecule has 0 radical (unpaired) electrons. The molecule has 10 aromatic rings. The molecule has 6 heteroatoms. The second-order valence-corrected chi connectivity index (χ2v) is 13.0. The summed E-state index contributed by atoms with van der Waals surface area (Å²) < 4.78 is 15.5. The molecule has 51 heavy (non-hydrogen) atoms. The minimum absolute atomic E-state index is 0.298. The summed E-state index contributed by atoms with van der Waals surface area (Å²) in [6.45, 7) is 0. The number of furan rings is 2. The van der Waals surface area contributed by atoms with Crippen molar-refractivity contribution in [3.05, 3.63) is 174 Å². The van der Waals surface area contributed by atoms with Gasteiger partial charge in [-0.25, -0.2) is 9.98 Å². The predicted molar refractivity (Wildman–Crippen MR) is 207 cm³/mol. The van der Waals surface area contributed by atoms with E-state index in [9.17, 15) is 0 Å². The van der Waals surface area contributed by atoms with Crippen molar-refractivity contribution in [2.45, 2.75) is 6.17 Å². The molecule has 0 fully saturated rings. The third-order valence-electron chi connectivity index (χ3n) is 10.1. The van der Waals surface area contributed by atoms with E-state index < -0.39 is 0 Å². The molecular weight excluding hydrogens is 629 g/mol. The molecule has 6 nitrogen and oxygen atoms in total. The smallest absolute Gasteiger partial charge is 0.160 e. The van der Waals surface area contributed by atoms with Crippen molar-refractivity contribution in [1.82, 2.24) is 9.88 Å². The fourth-order valence-corrected chi connectivity index (χ4v) is 7.73. The maximum atomic E-state index is 6.59. The molecule has 0 amide bonds. The first-order valence-corrected chi connectivity index (χ1v) is 17.1. The number of aliphatic imine (C=N–C) groups is 2. The van der Waals surface area contributed by atoms with Crippen molar-refractivity contribution >= 4 is 77.4 Å². The number of rotatable bonds is 4. The van der Waals surface area contributed by atoms with Crippen LogP contribution in [0.2, 0.25) is 0 Å². The van der Waals surface area contributed by atoms with Crippen LogP contribution in [-0.4, -0.2) is 16.2 Å². The molecule has 1 aliphatic heterocycles. The van der Waals surface area contributed by atoms with E-state index in [0.29, 0.717) is 5.84 Å². The van der Waals surface area contributed by atoms with E-state index in [1.807, 2.05) is 48.5 Å². The molecule has 0 spiro atoms. The second kappa shape index (κ2) is 10.8. The number of hydrogen-bond donors (Lipinski definition) is 1. The highest BCUT2D eigenvalue weighted by Crippen LogP contribution is 2.40. The number of amidine groups is 2. The van der Waals surface area contributed by atoms with Crippen LogP contribution in [0.3, 0.4) is 0 Å². The summed E-state index contributed by atoms with van der Waals surface area (Å²) in [5.41, 5.74) is 9.60. The molecule has 0 aliphatic carbocycles. The van der Waals surface area contributed by atoms with Gasteiger partial charge in [-0.15, -0.1) is 0 Å². The van der Waals surface area contributed by atoms with Crippen molar-refractivity contribution in [1.29, 1.82) is 0 Å². The van der Waals surface area contributed by atoms with Gasteiger partial charge in [0.15, 0.2) is 5.84 Å². The SMILES string of the molecule is c1ccc(C2=NC(c3cccc4oc5cc6c(cc5c34)oc3ccc(-n4c5ccccc5c5ccccc54)cc36)=NC(c3ccccc3)N2)cc1. The van der Waals surface area contributed by atoms with Crippen LogP contribution in [0.4, 0.5) is 0 Å². The van der Waals surface area contributed by atoms with Crippen LogP contribution >= 0.6 is 0 Å². The van der Waals surface area contributed by atoms with E-state index in [2.05, 4.69) is 119 Å². The summed E-state index contributed by atoms with van der Waals surface area (Å²) in [6.07, 6.45) is -0.298. The molecule has 0 saturated heterocycles. The first-order chi connectivity index (χ1) is 25.3. The van der Waals surface area contributed by atoms with E-state index in [0.717, 1.165) is 72.1 Å². The van der Waals surface area contributed by atoms with E-state index in [-0.39, 0.29) is 6.17 Å². The van der Waals surface area contributed by atoms with Crippen LogP contribution in [-0.2, 0) is 0 Å². The molecular formula is C45H28N4O2. The van der Waals surface area contributed by atoms with Gasteiger partial charge in [-0.2, -0.15) is 0 Å². The lowest BCUT2D eigenvalue weighted by atomic mass is 10.0. The van der Waals surface area contributed by atoms with Crippen molar-refractivity contribution in [2.24, 2.45) is 9.98 Å². The highest BCUT2D eigenvalue weighted by atomic mass is 16.3. The Morgan fingerprint density at radius 1 is 0.510 bits per heavy atom. The van der Waals surface area contributed by atoms with Gasteiger partial charge in [-0.1, -0.05) is 109 Å². The van der Waals surface area contributed by atoms with Gasteiger partial charge in [0.05, 0.1) is 11.0 Å². The van der Waals surface area contributed by atoms with Gasteiger partial charge in [0, 0.05) is 49.1 Å². The van der Waals surface area contributed by atoms with Crippen molar-refractivity contribution in [2.75, 3.05) is 0 Å². The Labute approximate surface area is 291 Å². The van der Waals surface area contributed by atoms with E-state index >= 15 is 0 Å². The van der Waals surface area contributed by atoms with Gasteiger partial charge in [0.25, 0.3) is 0 Å². The fraction of sp³-hybridized carbons (Fsp3) is 0.0222. The number of aromatic nitrogens is 1. The van der Waals surface area contributed by atoms with E-state index in [1.54, 1.807) is 0 Å². The molecule has 3 aromatic heterocycles. The lowest BCUT2D eigenvalue weighted by molar-refractivity contribution is 0.664. The summed E-state index contributed by atoms with van der Waals surface area (Å²) >= 11 is 0. The normalized spacial score (nSPS) is 14.9. The van der Waals surface area contributed by atoms with Crippen molar-refractivity contribution in [3.8, 4) is 5.69 Å². The zero-order valence-electron chi connectivity index (χ0n) is 27.2. The maximum Gasteiger partial charge on any atom is 0.160 e. The van der Waals surface area contributed by atoms with Gasteiger partial charge in [-0.05, 0) is 54.1 Å². The molecule has 240 valence electrons. The zero-order valence-corrected chi connectivity index (χ0v) is 27.2. The molecule has 11 rings (SSSR count). The number of nitrogens with one attached hydrogen (secondary N) is 1. The van der Waals surface area contributed by atoms with Crippen LogP contribution in [0.25, 0.3) is 71.4 Å². The number of para-hydroxylation sites is 2. The molecule has 1 aliphatic rings. The van der Waals surface area contributed by atoms with Gasteiger partial charge in [-0.3, -0.25) is 0 Å². The summed E-state index contributed by atoms with van der Waals surface area (Å²) in [5.74, 6) is 1.42. The Morgan fingerprint density at radius 3 is 1.94 bits per heavy atom. The minimum atomic E-state index is -0.298. The highest BCUT2D eigenvalue weighted by Gasteiger charge is 2.24. The largest absolute Gasteiger partial charge is 0.456 e. The van der Waals surface area contributed by atoms with Gasteiger partial charge < -0.3 is 18.7 Å². The molecule has 0 bridgehead atoms.